The molecule has 10 heteroatoms. The number of carbonyl (C=O) groups excluding carboxylic acids is 1. The van der Waals surface area contributed by atoms with E-state index in [2.05, 4.69) is 168 Å². The molecule has 1 amide bonds. The van der Waals surface area contributed by atoms with Crippen molar-refractivity contribution in [3.63, 3.8) is 0 Å². The van der Waals surface area contributed by atoms with Crippen molar-refractivity contribution in [1.29, 1.82) is 0 Å². The Hall–Kier alpha value is -8.89. The molecule has 10 rings (SSSR count). The molecule has 0 saturated carbocycles. The number of aromatic nitrogens is 6. The molecule has 10 aromatic rings. The van der Waals surface area contributed by atoms with Crippen molar-refractivity contribution in [2.24, 2.45) is 7.05 Å². The van der Waals surface area contributed by atoms with Crippen LogP contribution in [0, 0.1) is 0 Å². The number of carbonyl (C=O) groups is 1. The van der Waals surface area contributed by atoms with Crippen LogP contribution in [0.15, 0.2) is 237 Å². The molecule has 0 spiro atoms. The van der Waals surface area contributed by atoms with Gasteiger partial charge in [-0.2, -0.15) is 5.10 Å². The lowest BCUT2D eigenvalue weighted by atomic mass is 9.77. The van der Waals surface area contributed by atoms with Gasteiger partial charge in [0, 0.05) is 37.5 Å². The van der Waals surface area contributed by atoms with E-state index in [0.717, 1.165) is 55.6 Å². The maximum absolute atomic E-state index is 14.2. The number of aryl methyl sites for hydroxylation is 1. The zero-order chi connectivity index (χ0) is 49.5. The van der Waals surface area contributed by atoms with E-state index in [1.807, 2.05) is 112 Å². The van der Waals surface area contributed by atoms with Gasteiger partial charge in [0.1, 0.15) is 28.0 Å². The van der Waals surface area contributed by atoms with E-state index < -0.39 is 22.8 Å². The van der Waals surface area contributed by atoms with Gasteiger partial charge in [-0.1, -0.05) is 224 Å². The number of anilines is 1. The van der Waals surface area contributed by atoms with Crippen molar-refractivity contribution in [2.45, 2.75) is 44.0 Å². The summed E-state index contributed by atoms with van der Waals surface area (Å²) in [5.74, 6) is 0.559. The summed E-state index contributed by atoms with van der Waals surface area (Å²) in [6, 6.07) is 74.8. The van der Waals surface area contributed by atoms with E-state index in [1.165, 1.54) is 0 Å². The Morgan fingerprint density at radius 1 is 0.625 bits per heavy atom. The quantitative estimate of drug-likeness (QED) is 0.102. The zero-order valence-corrected chi connectivity index (χ0v) is 40.9. The standard InChI is InChI=1S/C62H56N8O2/c1-60(2,3)72-59(71)69(44-46-26-12-5-13-27-46)41-40-54(47-43-63-68(4)45-47)55-42-56(65-61(48-28-14-6-15-29-48,49-30-16-7-17-31-49)50-32-18-8-19-33-50)64-58-57(55)66-67-70(58)62(51-34-20-9-21-35-51,52-36-22-10-23-37-52)53-38-24-11-25-39-53/h5-40,42-43,45H,41,44H2,1-4H3,(H,64,65)/b54-40-. The molecular weight excluding hydrogens is 889 g/mol. The summed E-state index contributed by atoms with van der Waals surface area (Å²) in [6.07, 6.45) is 5.46. The Kier molecular flexibility index (Phi) is 13.1. The van der Waals surface area contributed by atoms with Crippen molar-refractivity contribution in [2.75, 3.05) is 11.9 Å². The molecule has 0 aliphatic rings. The number of nitrogens with one attached hydrogen (secondary N) is 1. The van der Waals surface area contributed by atoms with Crippen molar-refractivity contribution in [3.05, 3.63) is 287 Å². The summed E-state index contributed by atoms with van der Waals surface area (Å²) in [4.78, 5) is 21.6. The third kappa shape index (κ3) is 9.30. The second kappa shape index (κ2) is 20.2. The number of hydrogen-bond acceptors (Lipinski definition) is 7. The van der Waals surface area contributed by atoms with Crippen molar-refractivity contribution < 1.29 is 9.53 Å². The molecule has 0 fully saturated rings. The SMILES string of the molecule is Cn1cc(/C(=C/CN(Cc2ccccc2)C(=O)OC(C)(C)C)c2cc(NC(c3ccccc3)(c3ccccc3)c3ccccc3)nc3c2nnn3C(c2ccccc2)(c2ccccc2)c2ccccc2)cn1. The maximum atomic E-state index is 14.2. The fourth-order valence-electron chi connectivity index (χ4n) is 9.76. The predicted octanol–water partition coefficient (Wildman–Crippen LogP) is 12.7. The Morgan fingerprint density at radius 3 is 1.50 bits per heavy atom. The van der Waals surface area contributed by atoms with Crippen LogP contribution in [0.2, 0.25) is 0 Å². The molecule has 0 saturated heterocycles. The van der Waals surface area contributed by atoms with E-state index in [1.54, 1.807) is 9.58 Å². The lowest BCUT2D eigenvalue weighted by Gasteiger charge is -2.38. The molecule has 3 aromatic heterocycles. The van der Waals surface area contributed by atoms with Crippen LogP contribution in [-0.2, 0) is 29.4 Å². The normalized spacial score (nSPS) is 12.1. The van der Waals surface area contributed by atoms with Crippen LogP contribution in [-0.4, -0.2) is 52.9 Å². The Bertz CT molecular complexity index is 3220. The number of nitrogens with zero attached hydrogens (tertiary/aromatic N) is 7. The molecule has 10 nitrogen and oxygen atoms in total. The number of benzene rings is 7. The lowest BCUT2D eigenvalue weighted by Crippen LogP contribution is -2.39. The number of fused-ring (bicyclic) bond motifs is 1. The Balaban J connectivity index is 1.29. The molecule has 1 N–H and O–H groups in total. The number of hydrogen-bond donors (Lipinski definition) is 1. The first-order valence-corrected chi connectivity index (χ1v) is 24.2. The number of amides is 1. The van der Waals surface area contributed by atoms with Crippen LogP contribution in [0.5, 0.6) is 0 Å². The highest BCUT2D eigenvalue weighted by Gasteiger charge is 2.43. The maximum Gasteiger partial charge on any atom is 0.410 e. The second-order valence-corrected chi connectivity index (χ2v) is 18.9. The molecule has 0 bridgehead atoms. The van der Waals surface area contributed by atoms with Gasteiger partial charge in [-0.15, -0.1) is 5.10 Å². The summed E-state index contributed by atoms with van der Waals surface area (Å²) in [6.45, 7) is 6.17. The van der Waals surface area contributed by atoms with Crippen molar-refractivity contribution in [1.82, 2.24) is 34.7 Å². The first kappa shape index (κ1) is 46.8. The molecule has 7 aromatic carbocycles. The van der Waals surface area contributed by atoms with Crippen LogP contribution < -0.4 is 5.32 Å². The Labute approximate surface area is 420 Å². The average molecular weight is 945 g/mol. The molecule has 72 heavy (non-hydrogen) atoms. The summed E-state index contributed by atoms with van der Waals surface area (Å²) in [5, 5.41) is 19.2. The van der Waals surface area contributed by atoms with Gasteiger partial charge in [0.25, 0.3) is 0 Å². The van der Waals surface area contributed by atoms with Gasteiger partial charge in [0.2, 0.25) is 0 Å². The number of ether oxygens (including phenoxy) is 1. The summed E-state index contributed by atoms with van der Waals surface area (Å²) in [7, 11) is 1.90. The van der Waals surface area contributed by atoms with E-state index >= 15 is 0 Å². The minimum absolute atomic E-state index is 0.193. The molecule has 0 radical (unpaired) electrons. The molecule has 0 aliphatic heterocycles. The lowest BCUT2D eigenvalue weighted by molar-refractivity contribution is 0.0257. The van der Waals surface area contributed by atoms with Gasteiger partial charge in [0.15, 0.2) is 5.65 Å². The van der Waals surface area contributed by atoms with Crippen LogP contribution in [0.3, 0.4) is 0 Å². The summed E-state index contributed by atoms with van der Waals surface area (Å²) in [5.41, 5.74) is 7.62. The third-order valence-corrected chi connectivity index (χ3v) is 12.9. The van der Waals surface area contributed by atoms with Crippen molar-refractivity contribution >= 4 is 28.6 Å². The Morgan fingerprint density at radius 2 is 1.07 bits per heavy atom. The molecule has 356 valence electrons. The zero-order valence-electron chi connectivity index (χ0n) is 40.9. The average Bonchev–Trinajstić information content (AvgIpc) is 4.06. The third-order valence-electron chi connectivity index (χ3n) is 12.9. The minimum atomic E-state index is -1.06. The minimum Gasteiger partial charge on any atom is -0.444 e. The van der Waals surface area contributed by atoms with Gasteiger partial charge in [-0.05, 0) is 71.4 Å². The first-order valence-electron chi connectivity index (χ1n) is 24.2. The van der Waals surface area contributed by atoms with Crippen LogP contribution in [0.25, 0.3) is 16.7 Å². The van der Waals surface area contributed by atoms with E-state index in [0.29, 0.717) is 23.5 Å². The largest absolute Gasteiger partial charge is 0.444 e. The van der Waals surface area contributed by atoms with Gasteiger partial charge < -0.3 is 15.0 Å². The number of rotatable bonds is 15. The fraction of sp³-hybridized carbons (Fsp3) is 0.145. The van der Waals surface area contributed by atoms with Crippen LogP contribution >= 0.6 is 0 Å². The molecule has 0 atom stereocenters. The second-order valence-electron chi connectivity index (χ2n) is 18.9. The molecule has 0 unspecified atom stereocenters. The summed E-state index contributed by atoms with van der Waals surface area (Å²) < 4.78 is 9.82. The van der Waals surface area contributed by atoms with Gasteiger partial charge >= 0.3 is 6.09 Å². The van der Waals surface area contributed by atoms with Crippen LogP contribution in [0.4, 0.5) is 10.6 Å². The summed E-state index contributed by atoms with van der Waals surface area (Å²) >= 11 is 0. The smallest absolute Gasteiger partial charge is 0.410 e. The highest BCUT2D eigenvalue weighted by atomic mass is 16.6. The monoisotopic (exact) mass is 944 g/mol. The highest BCUT2D eigenvalue weighted by Crippen LogP contribution is 2.45. The van der Waals surface area contributed by atoms with E-state index in [9.17, 15) is 4.79 Å². The van der Waals surface area contributed by atoms with Gasteiger partial charge in [-0.3, -0.25) is 4.68 Å². The number of pyridine rings is 1. The molecular formula is C62H56N8O2. The predicted molar refractivity (Wildman–Crippen MR) is 286 cm³/mol. The van der Waals surface area contributed by atoms with Gasteiger partial charge in [0.05, 0.1) is 6.20 Å². The molecule has 0 aliphatic carbocycles. The van der Waals surface area contributed by atoms with Gasteiger partial charge in [-0.25, -0.2) is 14.5 Å². The topological polar surface area (TPSA) is 103 Å². The van der Waals surface area contributed by atoms with E-state index in [4.69, 9.17) is 20.0 Å². The fourth-order valence-corrected chi connectivity index (χ4v) is 9.76. The van der Waals surface area contributed by atoms with Crippen molar-refractivity contribution in [3.8, 4) is 0 Å². The van der Waals surface area contributed by atoms with Crippen LogP contribution in [0.1, 0.15) is 70.8 Å². The first-order chi connectivity index (χ1) is 35.1. The highest BCUT2D eigenvalue weighted by molar-refractivity contribution is 5.94. The molecule has 3 heterocycles. The van der Waals surface area contributed by atoms with E-state index in [-0.39, 0.29) is 6.54 Å².